The van der Waals surface area contributed by atoms with Gasteiger partial charge in [-0.15, -0.1) is 0 Å². The van der Waals surface area contributed by atoms with Gasteiger partial charge in [-0.3, -0.25) is 0 Å². The minimum Gasteiger partial charge on any atom is -0.461 e. The van der Waals surface area contributed by atoms with Crippen LogP contribution in [0.4, 0.5) is 0 Å². The molecule has 5 nitrogen and oxygen atoms in total. The summed E-state index contributed by atoms with van der Waals surface area (Å²) in [5, 5.41) is 7.00. The predicted octanol–water partition coefficient (Wildman–Crippen LogP) is 1.83. The molecule has 0 spiro atoms. The fourth-order valence-corrected chi connectivity index (χ4v) is 1.20. The van der Waals surface area contributed by atoms with E-state index in [1.165, 1.54) is 0 Å². The molecule has 0 aliphatic carbocycles. The molecule has 2 rings (SSSR count). The van der Waals surface area contributed by atoms with Crippen molar-refractivity contribution in [2.45, 2.75) is 19.9 Å². The lowest BCUT2D eigenvalue weighted by Gasteiger charge is -1.95. The maximum Gasteiger partial charge on any atom is 0.241 e. The first-order valence-corrected chi connectivity index (χ1v) is 4.97. The second-order valence-electron chi connectivity index (χ2n) is 3.17. The third-order valence-corrected chi connectivity index (χ3v) is 1.91. The molecule has 0 bridgehead atoms. The van der Waals surface area contributed by atoms with Crippen molar-refractivity contribution in [1.82, 2.24) is 15.5 Å². The standard InChI is InChI=1S/C10H13N3O2/c1-2-5-11-7-9-12-10(13-15-9)8-4-3-6-14-8/h3-4,6,11H,2,5,7H2,1H3. The summed E-state index contributed by atoms with van der Waals surface area (Å²) in [6.45, 7) is 3.65. The van der Waals surface area contributed by atoms with Crippen molar-refractivity contribution in [1.29, 1.82) is 0 Å². The molecule has 0 radical (unpaired) electrons. The van der Waals surface area contributed by atoms with E-state index in [0.717, 1.165) is 13.0 Å². The average Bonchev–Trinajstić information content (AvgIpc) is 2.87. The van der Waals surface area contributed by atoms with E-state index in [1.54, 1.807) is 18.4 Å². The Balaban J connectivity index is 1.98. The predicted molar refractivity (Wildman–Crippen MR) is 54.0 cm³/mol. The maximum absolute atomic E-state index is 5.15. The normalized spacial score (nSPS) is 10.7. The zero-order valence-corrected chi connectivity index (χ0v) is 8.56. The Labute approximate surface area is 87.5 Å². The molecular formula is C10H13N3O2. The number of hydrogen-bond donors (Lipinski definition) is 1. The molecule has 0 aliphatic rings. The summed E-state index contributed by atoms with van der Waals surface area (Å²) >= 11 is 0. The second-order valence-corrected chi connectivity index (χ2v) is 3.17. The van der Waals surface area contributed by atoms with Gasteiger partial charge in [-0.25, -0.2) is 0 Å². The highest BCUT2D eigenvalue weighted by atomic mass is 16.5. The van der Waals surface area contributed by atoms with Crippen LogP contribution in [0.2, 0.25) is 0 Å². The lowest BCUT2D eigenvalue weighted by atomic mass is 10.4. The van der Waals surface area contributed by atoms with E-state index in [2.05, 4.69) is 22.4 Å². The van der Waals surface area contributed by atoms with Crippen molar-refractivity contribution in [2.24, 2.45) is 0 Å². The first-order valence-electron chi connectivity index (χ1n) is 4.97. The molecule has 5 heteroatoms. The minimum atomic E-state index is 0.494. The summed E-state index contributed by atoms with van der Waals surface area (Å²) in [7, 11) is 0. The Hall–Kier alpha value is -1.62. The van der Waals surface area contributed by atoms with Crippen molar-refractivity contribution in [3.8, 4) is 11.6 Å². The van der Waals surface area contributed by atoms with Crippen molar-refractivity contribution < 1.29 is 8.94 Å². The SMILES string of the molecule is CCCNCc1nc(-c2ccco2)no1. The number of hydrogen-bond acceptors (Lipinski definition) is 5. The van der Waals surface area contributed by atoms with Gasteiger partial charge in [0, 0.05) is 0 Å². The Morgan fingerprint density at radius 2 is 2.40 bits per heavy atom. The number of rotatable bonds is 5. The van der Waals surface area contributed by atoms with Gasteiger partial charge in [0.25, 0.3) is 0 Å². The second kappa shape index (κ2) is 4.75. The van der Waals surface area contributed by atoms with Crippen molar-refractivity contribution >= 4 is 0 Å². The highest BCUT2D eigenvalue weighted by Crippen LogP contribution is 2.15. The van der Waals surface area contributed by atoms with E-state index in [1.807, 2.05) is 0 Å². The first-order chi connectivity index (χ1) is 7.40. The lowest BCUT2D eigenvalue weighted by Crippen LogP contribution is -2.13. The van der Waals surface area contributed by atoms with Gasteiger partial charge in [0.1, 0.15) is 0 Å². The van der Waals surface area contributed by atoms with Gasteiger partial charge in [0.05, 0.1) is 12.8 Å². The van der Waals surface area contributed by atoms with Gasteiger partial charge >= 0.3 is 0 Å². The number of furan rings is 1. The monoisotopic (exact) mass is 207 g/mol. The maximum atomic E-state index is 5.15. The lowest BCUT2D eigenvalue weighted by molar-refractivity contribution is 0.367. The summed E-state index contributed by atoms with van der Waals surface area (Å²) in [6.07, 6.45) is 2.67. The Morgan fingerprint density at radius 3 is 3.13 bits per heavy atom. The molecule has 1 N–H and O–H groups in total. The Morgan fingerprint density at radius 1 is 1.47 bits per heavy atom. The minimum absolute atomic E-state index is 0.494. The molecule has 0 unspecified atom stereocenters. The van der Waals surface area contributed by atoms with E-state index in [9.17, 15) is 0 Å². The van der Waals surface area contributed by atoms with Crippen LogP contribution < -0.4 is 5.32 Å². The Kier molecular flexibility index (Phi) is 3.14. The molecule has 2 heterocycles. The molecule has 2 aromatic rings. The van der Waals surface area contributed by atoms with Crippen LogP contribution >= 0.6 is 0 Å². The third-order valence-electron chi connectivity index (χ3n) is 1.91. The molecule has 15 heavy (non-hydrogen) atoms. The fraction of sp³-hybridized carbons (Fsp3) is 0.400. The number of nitrogens with zero attached hydrogens (tertiary/aromatic N) is 2. The molecule has 0 fully saturated rings. The van der Waals surface area contributed by atoms with Gasteiger partial charge in [0.2, 0.25) is 11.7 Å². The summed E-state index contributed by atoms with van der Waals surface area (Å²) < 4.78 is 10.2. The van der Waals surface area contributed by atoms with Gasteiger partial charge in [-0.2, -0.15) is 4.98 Å². The fourth-order valence-electron chi connectivity index (χ4n) is 1.20. The third kappa shape index (κ3) is 2.44. The van der Waals surface area contributed by atoms with E-state index >= 15 is 0 Å². The smallest absolute Gasteiger partial charge is 0.241 e. The van der Waals surface area contributed by atoms with Crippen LogP contribution in [0.25, 0.3) is 11.6 Å². The molecule has 0 aliphatic heterocycles. The van der Waals surface area contributed by atoms with Crippen LogP contribution in [0.3, 0.4) is 0 Å². The van der Waals surface area contributed by atoms with Crippen molar-refractivity contribution in [3.63, 3.8) is 0 Å². The number of nitrogens with one attached hydrogen (secondary N) is 1. The average molecular weight is 207 g/mol. The van der Waals surface area contributed by atoms with Gasteiger partial charge in [0.15, 0.2) is 5.76 Å². The first kappa shape index (κ1) is 9.92. The zero-order valence-electron chi connectivity index (χ0n) is 8.56. The molecule has 0 amide bonds. The Bertz CT molecular complexity index is 394. The molecule has 0 atom stereocenters. The van der Waals surface area contributed by atoms with E-state index in [0.29, 0.717) is 24.0 Å². The highest BCUT2D eigenvalue weighted by molar-refractivity contribution is 5.44. The topological polar surface area (TPSA) is 64.1 Å². The highest BCUT2D eigenvalue weighted by Gasteiger charge is 2.09. The van der Waals surface area contributed by atoms with Crippen LogP contribution in [0.15, 0.2) is 27.3 Å². The van der Waals surface area contributed by atoms with Gasteiger partial charge < -0.3 is 14.3 Å². The van der Waals surface area contributed by atoms with Crippen LogP contribution in [0, 0.1) is 0 Å². The van der Waals surface area contributed by atoms with E-state index in [-0.39, 0.29) is 0 Å². The largest absolute Gasteiger partial charge is 0.461 e. The molecular weight excluding hydrogens is 194 g/mol. The van der Waals surface area contributed by atoms with Crippen LogP contribution in [0.1, 0.15) is 19.2 Å². The van der Waals surface area contributed by atoms with Gasteiger partial charge in [-0.05, 0) is 25.1 Å². The molecule has 0 saturated carbocycles. The summed E-state index contributed by atoms with van der Waals surface area (Å²) in [5.74, 6) is 1.70. The van der Waals surface area contributed by atoms with E-state index < -0.39 is 0 Å². The quantitative estimate of drug-likeness (QED) is 0.758. The summed E-state index contributed by atoms with van der Waals surface area (Å²) in [6, 6.07) is 3.59. The molecule has 0 aromatic carbocycles. The van der Waals surface area contributed by atoms with Crippen molar-refractivity contribution in [2.75, 3.05) is 6.54 Å². The summed E-state index contributed by atoms with van der Waals surface area (Å²) in [4.78, 5) is 4.19. The van der Waals surface area contributed by atoms with Crippen LogP contribution in [0.5, 0.6) is 0 Å². The molecule has 0 saturated heterocycles. The number of aromatic nitrogens is 2. The summed E-state index contributed by atoms with van der Waals surface area (Å²) in [5.41, 5.74) is 0. The van der Waals surface area contributed by atoms with Crippen LogP contribution in [-0.4, -0.2) is 16.7 Å². The van der Waals surface area contributed by atoms with Crippen LogP contribution in [-0.2, 0) is 6.54 Å². The molecule has 2 aromatic heterocycles. The van der Waals surface area contributed by atoms with E-state index in [4.69, 9.17) is 8.94 Å². The zero-order chi connectivity index (χ0) is 10.5. The van der Waals surface area contributed by atoms with Crippen molar-refractivity contribution in [3.05, 3.63) is 24.3 Å². The van der Waals surface area contributed by atoms with Gasteiger partial charge in [-0.1, -0.05) is 12.1 Å². The molecule has 80 valence electrons.